The first-order valence-electron chi connectivity index (χ1n) is 11.4. The van der Waals surface area contributed by atoms with Crippen molar-refractivity contribution in [2.75, 3.05) is 6.54 Å². The number of carbonyl (C=O) groups excluding carboxylic acids is 2. The lowest BCUT2D eigenvalue weighted by atomic mass is 9.76. The summed E-state index contributed by atoms with van der Waals surface area (Å²) in [6.45, 7) is 4.22. The minimum Gasteiger partial charge on any atom is -0.351 e. The van der Waals surface area contributed by atoms with E-state index in [4.69, 9.17) is 11.6 Å². The molecule has 0 unspecified atom stereocenters. The second kappa shape index (κ2) is 9.22. The Bertz CT molecular complexity index is 1030. The van der Waals surface area contributed by atoms with E-state index >= 15 is 4.39 Å². The Morgan fingerprint density at radius 2 is 1.94 bits per heavy atom. The van der Waals surface area contributed by atoms with Crippen LogP contribution in [-0.4, -0.2) is 18.4 Å². The fraction of sp³-hybridized carbons (Fsp3) is 0.462. The van der Waals surface area contributed by atoms with E-state index in [2.05, 4.69) is 17.6 Å². The quantitative estimate of drug-likeness (QED) is 0.636. The van der Waals surface area contributed by atoms with Gasteiger partial charge in [-0.3, -0.25) is 9.59 Å². The fourth-order valence-electron chi connectivity index (χ4n) is 5.20. The van der Waals surface area contributed by atoms with Crippen LogP contribution in [0.4, 0.5) is 4.39 Å². The highest BCUT2D eigenvalue weighted by molar-refractivity contribution is 6.32. The van der Waals surface area contributed by atoms with Gasteiger partial charge in [0.05, 0.1) is 17.0 Å². The number of carbonyl (C=O) groups is 2. The molecule has 0 saturated heterocycles. The molecule has 0 aromatic heterocycles. The summed E-state index contributed by atoms with van der Waals surface area (Å²) >= 11 is 6.58. The molecular weight excluding hydrogens is 427 g/mol. The maximum atomic E-state index is 15.0. The van der Waals surface area contributed by atoms with Gasteiger partial charge in [-0.05, 0) is 61.3 Å². The van der Waals surface area contributed by atoms with Gasteiger partial charge in [0.1, 0.15) is 5.82 Å². The van der Waals surface area contributed by atoms with Crippen molar-refractivity contribution < 1.29 is 14.0 Å². The molecule has 2 aromatic carbocycles. The molecular formula is C26H30ClFN2O2. The van der Waals surface area contributed by atoms with E-state index in [9.17, 15) is 9.59 Å². The zero-order chi connectivity index (χ0) is 22.9. The Hall–Kier alpha value is -2.40. The predicted molar refractivity (Wildman–Crippen MR) is 124 cm³/mol. The summed E-state index contributed by atoms with van der Waals surface area (Å²) in [5.74, 6) is -1.12. The second-order valence-corrected chi connectivity index (χ2v) is 9.88. The van der Waals surface area contributed by atoms with E-state index in [0.717, 1.165) is 36.8 Å². The van der Waals surface area contributed by atoms with Crippen LogP contribution >= 0.6 is 11.6 Å². The minimum absolute atomic E-state index is 0.162. The molecule has 6 heteroatoms. The second-order valence-electron chi connectivity index (χ2n) is 9.50. The first-order valence-corrected chi connectivity index (χ1v) is 11.8. The number of amides is 2. The predicted octanol–water partition coefficient (Wildman–Crippen LogP) is 5.52. The Morgan fingerprint density at radius 1 is 1.22 bits per heavy atom. The Labute approximate surface area is 193 Å². The zero-order valence-electron chi connectivity index (χ0n) is 18.6. The average molecular weight is 457 g/mol. The molecule has 0 radical (unpaired) electrons. The van der Waals surface area contributed by atoms with E-state index in [-0.39, 0.29) is 29.6 Å². The number of rotatable bonds is 4. The molecule has 4 nitrogen and oxygen atoms in total. The number of nitrogens with one attached hydrogen (secondary N) is 2. The Kier molecular flexibility index (Phi) is 6.57. The molecule has 2 amide bonds. The number of aryl methyl sites for hydroxylation is 2. The summed E-state index contributed by atoms with van der Waals surface area (Å²) in [7, 11) is 0. The van der Waals surface area contributed by atoms with Crippen molar-refractivity contribution in [2.45, 2.75) is 58.4 Å². The van der Waals surface area contributed by atoms with Crippen LogP contribution in [-0.2, 0) is 11.2 Å². The third kappa shape index (κ3) is 4.40. The van der Waals surface area contributed by atoms with Gasteiger partial charge in [0.15, 0.2) is 0 Å². The molecule has 170 valence electrons. The molecule has 2 atom stereocenters. The van der Waals surface area contributed by atoms with Crippen LogP contribution in [0.25, 0.3) is 0 Å². The van der Waals surface area contributed by atoms with Gasteiger partial charge in [-0.25, -0.2) is 4.39 Å². The van der Waals surface area contributed by atoms with Gasteiger partial charge in [-0.1, -0.05) is 55.6 Å². The lowest BCUT2D eigenvalue weighted by Crippen LogP contribution is -2.45. The minimum atomic E-state index is -0.515. The van der Waals surface area contributed by atoms with Crippen LogP contribution in [0.1, 0.15) is 72.1 Å². The van der Waals surface area contributed by atoms with Crippen LogP contribution in [0.15, 0.2) is 36.4 Å². The fourth-order valence-corrected chi connectivity index (χ4v) is 5.46. The third-order valence-corrected chi connectivity index (χ3v) is 7.74. The first-order chi connectivity index (χ1) is 15.3. The molecule has 1 saturated carbocycles. The molecule has 1 fully saturated rings. The molecule has 2 aromatic rings. The molecule has 2 aliphatic rings. The zero-order valence-corrected chi connectivity index (χ0v) is 19.4. The highest BCUT2D eigenvalue weighted by Crippen LogP contribution is 2.49. The first kappa shape index (κ1) is 22.8. The summed E-state index contributed by atoms with van der Waals surface area (Å²) in [5.41, 5.74) is 2.50. The Balaban J connectivity index is 1.61. The molecule has 4 rings (SSSR count). The standard InChI is InChI=1S/C26H30ClFN2O2/c1-16-9-12-20(28)21(22(16)27)23(26(2)13-5-6-14-26)30-24(31)18-11-10-17-7-3-4-8-19(17)25(32)29-15-18/h3-4,7-9,12,18,23H,5-6,10-11,13-15H2,1-2H3,(H,29,32)(H,30,31)/t18-,23+/m0/s1. The molecule has 1 aliphatic heterocycles. The van der Waals surface area contributed by atoms with Gasteiger partial charge in [0, 0.05) is 17.7 Å². The number of hydrogen-bond donors (Lipinski definition) is 2. The van der Waals surface area contributed by atoms with Crippen molar-refractivity contribution in [2.24, 2.45) is 11.3 Å². The summed E-state index contributed by atoms with van der Waals surface area (Å²) in [4.78, 5) is 26.0. The van der Waals surface area contributed by atoms with Gasteiger partial charge in [-0.2, -0.15) is 0 Å². The molecule has 1 heterocycles. The van der Waals surface area contributed by atoms with Gasteiger partial charge in [0.2, 0.25) is 5.91 Å². The molecule has 2 N–H and O–H groups in total. The SMILES string of the molecule is Cc1ccc(F)c([C@@H](NC(=O)[C@H]2CCc3ccccc3C(=O)NC2)C2(C)CCCC2)c1Cl. The number of fused-ring (bicyclic) bond motifs is 1. The van der Waals surface area contributed by atoms with E-state index in [1.54, 1.807) is 6.07 Å². The van der Waals surface area contributed by atoms with Crippen molar-refractivity contribution in [3.05, 3.63) is 69.5 Å². The monoisotopic (exact) mass is 456 g/mol. The van der Waals surface area contributed by atoms with Crippen LogP contribution in [0.2, 0.25) is 5.02 Å². The lowest BCUT2D eigenvalue weighted by Gasteiger charge is -2.37. The highest BCUT2D eigenvalue weighted by Gasteiger charge is 2.42. The lowest BCUT2D eigenvalue weighted by molar-refractivity contribution is -0.126. The summed E-state index contributed by atoms with van der Waals surface area (Å²) in [6, 6.07) is 10.1. The summed E-state index contributed by atoms with van der Waals surface area (Å²) in [6.07, 6.45) is 5.14. The van der Waals surface area contributed by atoms with Gasteiger partial charge >= 0.3 is 0 Å². The van der Waals surface area contributed by atoms with Crippen LogP contribution in [0.5, 0.6) is 0 Å². The van der Waals surface area contributed by atoms with Crippen LogP contribution in [0, 0.1) is 24.1 Å². The van der Waals surface area contributed by atoms with Crippen molar-refractivity contribution in [1.29, 1.82) is 0 Å². The highest BCUT2D eigenvalue weighted by atomic mass is 35.5. The molecule has 1 aliphatic carbocycles. The maximum Gasteiger partial charge on any atom is 0.251 e. The molecule has 32 heavy (non-hydrogen) atoms. The van der Waals surface area contributed by atoms with Crippen molar-refractivity contribution in [3.63, 3.8) is 0 Å². The number of benzene rings is 2. The molecule has 0 spiro atoms. The van der Waals surface area contributed by atoms with E-state index < -0.39 is 12.0 Å². The maximum absolute atomic E-state index is 15.0. The largest absolute Gasteiger partial charge is 0.351 e. The van der Waals surface area contributed by atoms with Gasteiger partial charge in [0.25, 0.3) is 5.91 Å². The van der Waals surface area contributed by atoms with Crippen LogP contribution in [0.3, 0.4) is 0 Å². The van der Waals surface area contributed by atoms with E-state index in [1.165, 1.54) is 6.07 Å². The summed E-state index contributed by atoms with van der Waals surface area (Å²) in [5, 5.41) is 6.44. The van der Waals surface area contributed by atoms with Crippen molar-refractivity contribution >= 4 is 23.4 Å². The topological polar surface area (TPSA) is 58.2 Å². The van der Waals surface area contributed by atoms with Crippen molar-refractivity contribution in [3.8, 4) is 0 Å². The third-order valence-electron chi connectivity index (χ3n) is 7.24. The van der Waals surface area contributed by atoms with Crippen LogP contribution < -0.4 is 10.6 Å². The number of halogens is 2. The molecule has 0 bridgehead atoms. The smallest absolute Gasteiger partial charge is 0.251 e. The average Bonchev–Trinajstić information content (AvgIpc) is 3.22. The van der Waals surface area contributed by atoms with E-state index in [1.807, 2.05) is 31.2 Å². The number of hydrogen-bond acceptors (Lipinski definition) is 2. The van der Waals surface area contributed by atoms with Gasteiger partial charge < -0.3 is 10.6 Å². The Morgan fingerprint density at radius 3 is 2.69 bits per heavy atom. The van der Waals surface area contributed by atoms with Crippen molar-refractivity contribution in [1.82, 2.24) is 10.6 Å². The van der Waals surface area contributed by atoms with E-state index in [0.29, 0.717) is 29.0 Å². The summed E-state index contributed by atoms with van der Waals surface area (Å²) < 4.78 is 15.0. The van der Waals surface area contributed by atoms with Gasteiger partial charge in [-0.15, -0.1) is 0 Å². The normalized spacial score (nSPS) is 21.1.